The van der Waals surface area contributed by atoms with E-state index in [9.17, 15) is 9.59 Å². The normalized spacial score (nSPS) is 20.9. The van der Waals surface area contributed by atoms with Crippen molar-refractivity contribution in [3.8, 4) is 0 Å². The van der Waals surface area contributed by atoms with E-state index in [1.807, 2.05) is 41.5 Å². The first-order chi connectivity index (χ1) is 9.21. The van der Waals surface area contributed by atoms with Crippen LogP contribution in [0.1, 0.15) is 60.8 Å². The van der Waals surface area contributed by atoms with Gasteiger partial charge in [-0.15, -0.1) is 0 Å². The number of ether oxygens (including phenoxy) is 1. The summed E-state index contributed by atoms with van der Waals surface area (Å²) in [4.78, 5) is 26.2. The predicted octanol–water partition coefficient (Wildman–Crippen LogP) is 3.90. The van der Waals surface area contributed by atoms with Crippen LogP contribution in [0.5, 0.6) is 0 Å². The van der Waals surface area contributed by atoms with Crippen LogP contribution in [-0.2, 0) is 9.53 Å². The predicted molar refractivity (Wildman–Crippen MR) is 79.3 cm³/mol. The first-order valence-electron chi connectivity index (χ1n) is 7.47. The molecule has 0 aromatic carbocycles. The Kier molecular flexibility index (Phi) is 5.37. The Balaban J connectivity index is 3.02. The number of amides is 1. The average molecular weight is 281 g/mol. The molecule has 0 bridgehead atoms. The van der Waals surface area contributed by atoms with Crippen molar-refractivity contribution in [2.24, 2.45) is 5.92 Å². The summed E-state index contributed by atoms with van der Waals surface area (Å²) in [5, 5.41) is 0. The van der Waals surface area contributed by atoms with E-state index in [1.54, 1.807) is 11.0 Å². The smallest absolute Gasteiger partial charge is 0.415 e. The molecule has 0 aliphatic carbocycles. The summed E-state index contributed by atoms with van der Waals surface area (Å²) in [6.07, 6.45) is 3.67. The van der Waals surface area contributed by atoms with Gasteiger partial charge in [-0.1, -0.05) is 33.6 Å². The van der Waals surface area contributed by atoms with Gasteiger partial charge in [-0.05, 0) is 33.1 Å². The van der Waals surface area contributed by atoms with Gasteiger partial charge in [0.25, 0.3) is 0 Å². The molecule has 1 rings (SSSR count). The van der Waals surface area contributed by atoms with Crippen LogP contribution in [0.3, 0.4) is 0 Å². The molecule has 1 aliphatic rings. The summed E-state index contributed by atoms with van der Waals surface area (Å²) in [6.45, 7) is 11.6. The number of hydrogen-bond donors (Lipinski definition) is 0. The Bertz CT molecular complexity index is 406. The van der Waals surface area contributed by atoms with Gasteiger partial charge in [0, 0.05) is 11.8 Å². The lowest BCUT2D eigenvalue weighted by molar-refractivity contribution is -0.118. The van der Waals surface area contributed by atoms with Gasteiger partial charge < -0.3 is 4.74 Å². The third kappa shape index (κ3) is 3.84. The molecule has 2 atom stereocenters. The van der Waals surface area contributed by atoms with Crippen LogP contribution in [0, 0.1) is 5.92 Å². The molecular weight excluding hydrogens is 254 g/mol. The van der Waals surface area contributed by atoms with Crippen molar-refractivity contribution in [2.45, 2.75) is 72.4 Å². The number of nitrogens with zero attached hydrogens (tertiary/aromatic N) is 1. The van der Waals surface area contributed by atoms with Crippen molar-refractivity contribution in [2.75, 3.05) is 0 Å². The van der Waals surface area contributed by atoms with Crippen molar-refractivity contribution in [3.63, 3.8) is 0 Å². The van der Waals surface area contributed by atoms with Crippen LogP contribution in [0.25, 0.3) is 0 Å². The number of rotatable bonds is 4. The quantitative estimate of drug-likeness (QED) is 0.785. The Morgan fingerprint density at radius 1 is 1.40 bits per heavy atom. The topological polar surface area (TPSA) is 46.6 Å². The van der Waals surface area contributed by atoms with Gasteiger partial charge >= 0.3 is 6.09 Å². The highest BCUT2D eigenvalue weighted by molar-refractivity contribution is 6.01. The number of carbonyl (C=O) groups excluding carboxylic acids is 2. The summed E-state index contributed by atoms with van der Waals surface area (Å²) in [5.41, 5.74) is 0.233. The molecule has 0 unspecified atom stereocenters. The molecular formula is C16H27NO3. The van der Waals surface area contributed by atoms with E-state index >= 15 is 0 Å². The van der Waals surface area contributed by atoms with E-state index < -0.39 is 17.7 Å². The fraction of sp³-hybridized carbons (Fsp3) is 0.750. The molecule has 0 fully saturated rings. The second-order valence-corrected chi connectivity index (χ2v) is 6.47. The average Bonchev–Trinajstić information content (AvgIpc) is 2.63. The van der Waals surface area contributed by atoms with E-state index in [2.05, 4.69) is 0 Å². The second-order valence-electron chi connectivity index (χ2n) is 6.47. The van der Waals surface area contributed by atoms with Crippen molar-refractivity contribution in [1.29, 1.82) is 0 Å². The summed E-state index contributed by atoms with van der Waals surface area (Å²) < 4.78 is 5.47. The maximum Gasteiger partial charge on any atom is 0.415 e. The van der Waals surface area contributed by atoms with Gasteiger partial charge in [0.15, 0.2) is 5.78 Å². The number of hydrogen-bond acceptors (Lipinski definition) is 3. The summed E-state index contributed by atoms with van der Waals surface area (Å²) >= 11 is 0. The van der Waals surface area contributed by atoms with Crippen LogP contribution < -0.4 is 0 Å². The van der Waals surface area contributed by atoms with Crippen LogP contribution >= 0.6 is 0 Å². The van der Waals surface area contributed by atoms with Gasteiger partial charge in [0.2, 0.25) is 0 Å². The highest BCUT2D eigenvalue weighted by atomic mass is 16.6. The Morgan fingerprint density at radius 3 is 2.45 bits per heavy atom. The Labute approximate surface area is 122 Å². The molecule has 4 heteroatoms. The number of ketones is 1. The van der Waals surface area contributed by atoms with E-state index in [1.165, 1.54) is 0 Å². The molecule has 1 heterocycles. The highest BCUT2D eigenvalue weighted by Crippen LogP contribution is 2.30. The maximum atomic E-state index is 12.4. The molecule has 0 N–H and O–H groups in total. The molecule has 114 valence electrons. The summed E-state index contributed by atoms with van der Waals surface area (Å²) in [7, 11) is 0. The minimum Gasteiger partial charge on any atom is -0.443 e. The molecule has 0 aromatic heterocycles. The monoisotopic (exact) mass is 281 g/mol. The Hall–Kier alpha value is -1.32. The zero-order valence-electron chi connectivity index (χ0n) is 13.5. The zero-order valence-corrected chi connectivity index (χ0v) is 13.5. The van der Waals surface area contributed by atoms with Crippen molar-refractivity contribution in [3.05, 3.63) is 11.8 Å². The van der Waals surface area contributed by atoms with E-state index in [4.69, 9.17) is 4.74 Å². The zero-order chi connectivity index (χ0) is 15.5. The molecule has 1 amide bonds. The molecule has 0 saturated heterocycles. The number of carbonyl (C=O) groups is 2. The van der Waals surface area contributed by atoms with Crippen molar-refractivity contribution >= 4 is 11.9 Å². The van der Waals surface area contributed by atoms with Crippen molar-refractivity contribution < 1.29 is 14.3 Å². The maximum absolute atomic E-state index is 12.4. The lowest BCUT2D eigenvalue weighted by Crippen LogP contribution is -2.45. The van der Waals surface area contributed by atoms with Crippen LogP contribution in [0.15, 0.2) is 11.8 Å². The first kappa shape index (κ1) is 16.7. The molecule has 20 heavy (non-hydrogen) atoms. The third-order valence-electron chi connectivity index (χ3n) is 3.47. The fourth-order valence-corrected chi connectivity index (χ4v) is 2.37. The van der Waals surface area contributed by atoms with Crippen LogP contribution in [-0.4, -0.2) is 28.4 Å². The van der Waals surface area contributed by atoms with Gasteiger partial charge in [-0.2, -0.15) is 0 Å². The van der Waals surface area contributed by atoms with Gasteiger partial charge in [0.1, 0.15) is 11.6 Å². The summed E-state index contributed by atoms with van der Waals surface area (Å²) in [6, 6.07) is -0.406. The minimum atomic E-state index is -0.556. The fourth-order valence-electron chi connectivity index (χ4n) is 2.37. The molecule has 0 saturated carbocycles. The second kappa shape index (κ2) is 6.42. The standard InChI is InChI=1S/C16H27NO3/c1-7-9-12-10-13(18)14(11(3)8-2)17(12)15(19)20-16(4,5)6/h10-11,14H,7-9H2,1-6H3/t11-,14-/m0/s1. The van der Waals surface area contributed by atoms with Gasteiger partial charge in [0.05, 0.1) is 0 Å². The van der Waals surface area contributed by atoms with E-state index in [0.29, 0.717) is 0 Å². The lowest BCUT2D eigenvalue weighted by Gasteiger charge is -2.32. The third-order valence-corrected chi connectivity index (χ3v) is 3.47. The molecule has 0 spiro atoms. The number of allylic oxidation sites excluding steroid dienone is 1. The van der Waals surface area contributed by atoms with E-state index in [0.717, 1.165) is 25.0 Å². The highest BCUT2D eigenvalue weighted by Gasteiger charge is 2.41. The molecule has 0 aromatic rings. The molecule has 4 nitrogen and oxygen atoms in total. The van der Waals surface area contributed by atoms with E-state index in [-0.39, 0.29) is 11.7 Å². The molecule has 1 aliphatic heterocycles. The molecule has 0 radical (unpaired) electrons. The summed E-state index contributed by atoms with van der Waals surface area (Å²) in [5.74, 6) is 0.147. The van der Waals surface area contributed by atoms with Crippen molar-refractivity contribution in [1.82, 2.24) is 4.90 Å². The van der Waals surface area contributed by atoms with Crippen LogP contribution in [0.4, 0.5) is 4.79 Å². The SMILES string of the molecule is CCCC1=CC(=O)[C@H]([C@@H](C)CC)N1C(=O)OC(C)(C)C. The first-order valence-corrected chi connectivity index (χ1v) is 7.47. The largest absolute Gasteiger partial charge is 0.443 e. The lowest BCUT2D eigenvalue weighted by atomic mass is 9.96. The van der Waals surface area contributed by atoms with Gasteiger partial charge in [-0.25, -0.2) is 4.79 Å². The van der Waals surface area contributed by atoms with Crippen LogP contribution in [0.2, 0.25) is 0 Å². The Morgan fingerprint density at radius 2 is 2.00 bits per heavy atom. The minimum absolute atomic E-state index is 0.0219. The van der Waals surface area contributed by atoms with Gasteiger partial charge in [-0.3, -0.25) is 9.69 Å².